The van der Waals surface area contributed by atoms with E-state index in [-0.39, 0.29) is 49.5 Å². The van der Waals surface area contributed by atoms with Crippen molar-refractivity contribution in [1.82, 2.24) is 18.8 Å². The summed E-state index contributed by atoms with van der Waals surface area (Å²) in [5, 5.41) is 11.5. The fourth-order valence-corrected chi connectivity index (χ4v) is 8.09. The summed E-state index contributed by atoms with van der Waals surface area (Å²) in [5.74, 6) is -2.98. The van der Waals surface area contributed by atoms with Crippen molar-refractivity contribution >= 4 is 22.0 Å². The first kappa shape index (κ1) is 26.8. The van der Waals surface area contributed by atoms with Crippen LogP contribution in [0.25, 0.3) is 0 Å². The van der Waals surface area contributed by atoms with Crippen molar-refractivity contribution in [2.75, 3.05) is 26.2 Å². The number of carbonyl (C=O) groups excluding carboxylic acids is 2. The molecule has 1 aromatic rings. The predicted octanol–water partition coefficient (Wildman–Crippen LogP) is 1.86. The quantitative estimate of drug-likeness (QED) is 0.537. The highest BCUT2D eigenvalue weighted by molar-refractivity contribution is 7.86. The molecule has 1 unspecified atom stereocenters. The number of alkyl halides is 3. The maximum Gasteiger partial charge on any atom is 0.416 e. The third kappa shape index (κ3) is 4.65. The summed E-state index contributed by atoms with van der Waals surface area (Å²) >= 11 is 0. The van der Waals surface area contributed by atoms with Gasteiger partial charge < -0.3 is 10.2 Å². The van der Waals surface area contributed by atoms with Gasteiger partial charge in [-0.05, 0) is 43.7 Å². The molecule has 38 heavy (non-hydrogen) atoms. The summed E-state index contributed by atoms with van der Waals surface area (Å²) in [7, 11) is -3.79. The number of nitriles is 1. The van der Waals surface area contributed by atoms with E-state index in [9.17, 15) is 35.6 Å². The molecule has 0 aromatic heterocycles. The number of carbonyl (C=O) groups is 2. The van der Waals surface area contributed by atoms with Crippen molar-refractivity contribution in [1.29, 1.82) is 5.26 Å². The summed E-state index contributed by atoms with van der Waals surface area (Å²) in [5.41, 5.74) is -1.24. The third-order valence-corrected chi connectivity index (χ3v) is 10.1. The average Bonchev–Trinajstić information content (AvgIpc) is 3.56. The van der Waals surface area contributed by atoms with Crippen LogP contribution in [0.4, 0.5) is 17.6 Å². The molecule has 4 atom stereocenters. The van der Waals surface area contributed by atoms with E-state index in [0.717, 1.165) is 12.1 Å². The Hall–Kier alpha value is -2.76. The zero-order valence-electron chi connectivity index (χ0n) is 20.3. The van der Waals surface area contributed by atoms with E-state index in [1.54, 1.807) is 0 Å². The van der Waals surface area contributed by atoms with E-state index in [1.807, 2.05) is 0 Å². The molecule has 1 aromatic carbocycles. The summed E-state index contributed by atoms with van der Waals surface area (Å²) in [6.07, 6.45) is -2.51. The molecule has 5 rings (SSSR count). The molecule has 9 nitrogen and oxygen atoms in total. The van der Waals surface area contributed by atoms with Gasteiger partial charge in [0.25, 0.3) is 10.2 Å². The molecule has 3 saturated heterocycles. The van der Waals surface area contributed by atoms with Crippen molar-refractivity contribution in [2.45, 2.75) is 50.5 Å². The Kier molecular flexibility index (Phi) is 6.90. The molecule has 14 heteroatoms. The Morgan fingerprint density at radius 2 is 1.87 bits per heavy atom. The second-order valence-electron chi connectivity index (χ2n) is 10.4. The second kappa shape index (κ2) is 9.77. The number of nitrogens with one attached hydrogen (secondary N) is 1. The van der Waals surface area contributed by atoms with Gasteiger partial charge in [-0.1, -0.05) is 6.07 Å². The minimum Gasteiger partial charge on any atom is -0.350 e. The van der Waals surface area contributed by atoms with Gasteiger partial charge in [0.15, 0.2) is 0 Å². The molecule has 0 radical (unpaired) electrons. The molecular weight excluding hydrogens is 530 g/mol. The topological polar surface area (TPSA) is 114 Å². The van der Waals surface area contributed by atoms with Gasteiger partial charge in [-0.15, -0.1) is 0 Å². The molecule has 1 N–H and O–H groups in total. The number of nitrogens with zero attached hydrogens (tertiary/aromatic N) is 4. The van der Waals surface area contributed by atoms with E-state index < -0.39 is 51.7 Å². The Morgan fingerprint density at radius 3 is 2.53 bits per heavy atom. The number of likely N-dealkylation sites (tertiary alicyclic amines) is 1. The van der Waals surface area contributed by atoms with Gasteiger partial charge in [0, 0.05) is 44.3 Å². The molecule has 3 heterocycles. The van der Waals surface area contributed by atoms with Crippen LogP contribution in [0.15, 0.2) is 18.2 Å². The maximum absolute atomic E-state index is 14.2. The van der Waals surface area contributed by atoms with Crippen LogP contribution >= 0.6 is 0 Å². The molecule has 4 aliphatic rings. The fourth-order valence-electron chi connectivity index (χ4n) is 6.10. The van der Waals surface area contributed by atoms with Crippen molar-refractivity contribution in [3.05, 3.63) is 35.1 Å². The predicted molar refractivity (Wildman–Crippen MR) is 124 cm³/mol. The van der Waals surface area contributed by atoms with Gasteiger partial charge in [0.2, 0.25) is 11.8 Å². The first-order valence-electron chi connectivity index (χ1n) is 12.5. The van der Waals surface area contributed by atoms with Crippen LogP contribution in [0.3, 0.4) is 0 Å². The van der Waals surface area contributed by atoms with E-state index in [1.165, 1.54) is 13.5 Å². The molecule has 1 saturated carbocycles. The molecular formula is C24H27F4N5O4S. The SMILES string of the molecule is N#CC1CN(S(=O)(=O)N2C[C@@H]3CC[C@H]2C3C(=O)N2CCC[C@@H]2C(=O)NCc2ccc(C(F)(F)F)cc2F)C1. The highest BCUT2D eigenvalue weighted by Gasteiger charge is 2.57. The lowest BCUT2D eigenvalue weighted by molar-refractivity contribution is -0.142. The largest absolute Gasteiger partial charge is 0.416 e. The Balaban J connectivity index is 1.23. The molecule has 2 bridgehead atoms. The van der Waals surface area contributed by atoms with Gasteiger partial charge in [-0.3, -0.25) is 9.59 Å². The van der Waals surface area contributed by atoms with Crippen LogP contribution in [0.5, 0.6) is 0 Å². The number of halogens is 4. The maximum atomic E-state index is 14.2. The van der Waals surface area contributed by atoms with E-state index in [0.29, 0.717) is 38.3 Å². The van der Waals surface area contributed by atoms with Crippen LogP contribution in [-0.2, 0) is 32.5 Å². The Bertz CT molecular complexity index is 1280. The van der Waals surface area contributed by atoms with Gasteiger partial charge in [-0.25, -0.2) is 4.39 Å². The van der Waals surface area contributed by atoms with Crippen molar-refractivity contribution < 1.29 is 35.6 Å². The minimum atomic E-state index is -4.68. The minimum absolute atomic E-state index is 0.110. The van der Waals surface area contributed by atoms with Crippen molar-refractivity contribution in [3.63, 3.8) is 0 Å². The molecule has 2 amide bonds. The number of hydrogen-bond donors (Lipinski definition) is 1. The zero-order chi connectivity index (χ0) is 27.4. The van der Waals surface area contributed by atoms with Gasteiger partial charge in [0.05, 0.1) is 23.5 Å². The summed E-state index contributed by atoms with van der Waals surface area (Å²) in [6, 6.07) is 2.81. The summed E-state index contributed by atoms with van der Waals surface area (Å²) < 4.78 is 81.4. The van der Waals surface area contributed by atoms with Crippen molar-refractivity contribution in [2.24, 2.45) is 17.8 Å². The van der Waals surface area contributed by atoms with Gasteiger partial charge in [-0.2, -0.15) is 35.5 Å². The standard InChI is InChI=1S/C24H27F4N5O4S/c25-18-8-17(24(26,27)28)5-3-15(18)10-30-22(34)20-2-1-7-32(20)23(35)21-16-4-6-19(21)33(13-16)38(36,37)31-11-14(9-29)12-31/h3,5,8,14,16,19-21H,1-2,4,6-7,10-13H2,(H,30,34)/t16-,19-,20+,21?/m0/s1. The van der Waals surface area contributed by atoms with Crippen LogP contribution in [0.2, 0.25) is 0 Å². The Labute approximate surface area is 217 Å². The monoisotopic (exact) mass is 557 g/mol. The number of piperidine rings is 1. The lowest BCUT2D eigenvalue weighted by Gasteiger charge is -2.39. The molecule has 3 aliphatic heterocycles. The summed E-state index contributed by atoms with van der Waals surface area (Å²) in [4.78, 5) is 28.0. The van der Waals surface area contributed by atoms with Crippen LogP contribution in [0.1, 0.15) is 36.8 Å². The van der Waals surface area contributed by atoms with Crippen LogP contribution in [-0.4, -0.2) is 72.0 Å². The molecule has 0 spiro atoms. The van der Waals surface area contributed by atoms with Crippen molar-refractivity contribution in [3.8, 4) is 6.07 Å². The first-order valence-corrected chi connectivity index (χ1v) is 13.9. The molecule has 4 fully saturated rings. The molecule has 1 aliphatic carbocycles. The van der Waals surface area contributed by atoms with E-state index >= 15 is 0 Å². The zero-order valence-corrected chi connectivity index (χ0v) is 21.1. The van der Waals surface area contributed by atoms with Crippen LogP contribution < -0.4 is 5.32 Å². The normalized spacial score (nSPS) is 28.3. The fraction of sp³-hybridized carbons (Fsp3) is 0.625. The smallest absolute Gasteiger partial charge is 0.350 e. The number of rotatable bonds is 6. The number of fused-ring (bicyclic) bond motifs is 2. The van der Waals surface area contributed by atoms with E-state index in [4.69, 9.17) is 5.26 Å². The Morgan fingerprint density at radius 1 is 1.13 bits per heavy atom. The lowest BCUT2D eigenvalue weighted by atomic mass is 9.96. The van der Waals surface area contributed by atoms with Gasteiger partial charge in [0.1, 0.15) is 11.9 Å². The number of hydrogen-bond acceptors (Lipinski definition) is 5. The van der Waals surface area contributed by atoms with Crippen LogP contribution in [0, 0.1) is 34.9 Å². The average molecular weight is 558 g/mol. The van der Waals surface area contributed by atoms with Gasteiger partial charge >= 0.3 is 6.18 Å². The lowest BCUT2D eigenvalue weighted by Crippen LogP contribution is -2.56. The third-order valence-electron chi connectivity index (χ3n) is 8.15. The highest BCUT2D eigenvalue weighted by Crippen LogP contribution is 2.46. The number of amides is 2. The summed E-state index contributed by atoms with van der Waals surface area (Å²) in [6.45, 7) is 0.485. The highest BCUT2D eigenvalue weighted by atomic mass is 32.2. The second-order valence-corrected chi connectivity index (χ2v) is 12.2. The van der Waals surface area contributed by atoms with E-state index in [2.05, 4.69) is 11.4 Å². The number of benzene rings is 1. The molecule has 206 valence electrons. The first-order chi connectivity index (χ1) is 17.9.